The first-order valence-corrected chi connectivity index (χ1v) is 19.3. The molecule has 0 saturated carbocycles. The summed E-state index contributed by atoms with van der Waals surface area (Å²) in [5.74, 6) is 0.430. The maximum Gasteiger partial charge on any atom is 0.187 e. The van der Waals surface area contributed by atoms with Crippen LogP contribution < -0.4 is 0 Å². The van der Waals surface area contributed by atoms with Crippen molar-refractivity contribution in [2.75, 3.05) is 26.4 Å². The van der Waals surface area contributed by atoms with Crippen LogP contribution in [0.5, 0.6) is 0 Å². The summed E-state index contributed by atoms with van der Waals surface area (Å²) in [5, 5.41) is 144. The van der Waals surface area contributed by atoms with Crippen LogP contribution >= 0.6 is 23.5 Å². The predicted molar refractivity (Wildman–Crippen MR) is 182 cm³/mol. The highest BCUT2D eigenvalue weighted by Gasteiger charge is 2.52. The SMILES string of the molecule is OC[C@H]1O[C@H](O[C@@H]2[C@H](O)[C@@H](O)[C@H](SCc3ccccc3CS[C@@H]3O[C@H](CO)[C@H](O[C@H]4O[C@H](CO)[C@H](O)[C@H](O)[C@H]4O)[C@H](O)[C@H]3O)O[C@@H]2CO)[C@H](O)[C@@H](O)[C@H]1O. The van der Waals surface area contributed by atoms with Crippen LogP contribution in [0.1, 0.15) is 11.1 Å². The van der Waals surface area contributed by atoms with E-state index in [1.54, 1.807) is 24.3 Å². The van der Waals surface area contributed by atoms with Crippen LogP contribution in [0.3, 0.4) is 0 Å². The fourth-order valence-electron chi connectivity index (χ4n) is 6.57. The van der Waals surface area contributed by atoms with E-state index >= 15 is 0 Å². The zero-order chi connectivity index (χ0) is 39.4. The Kier molecular flexibility index (Phi) is 16.1. The summed E-state index contributed by atoms with van der Waals surface area (Å²) in [6.45, 7) is -2.81. The molecule has 54 heavy (non-hydrogen) atoms. The van der Waals surface area contributed by atoms with Crippen LogP contribution in [0.4, 0.5) is 0 Å². The first-order valence-electron chi connectivity index (χ1n) is 17.2. The minimum absolute atomic E-state index is 0.215. The van der Waals surface area contributed by atoms with Gasteiger partial charge >= 0.3 is 0 Å². The second-order valence-electron chi connectivity index (χ2n) is 13.4. The molecule has 4 saturated heterocycles. The molecular weight excluding hydrogens is 768 g/mol. The summed E-state index contributed by atoms with van der Waals surface area (Å²) in [6, 6.07) is 7.10. The molecule has 310 valence electrons. The number of aliphatic hydroxyl groups is 14. The Morgan fingerprint density at radius 2 is 0.778 bits per heavy atom. The van der Waals surface area contributed by atoms with E-state index in [2.05, 4.69) is 0 Å². The van der Waals surface area contributed by atoms with Crippen LogP contribution in [0.2, 0.25) is 0 Å². The van der Waals surface area contributed by atoms with Gasteiger partial charge in [0.05, 0.1) is 26.4 Å². The summed E-state index contributed by atoms with van der Waals surface area (Å²) < 4.78 is 33.6. The lowest BCUT2D eigenvalue weighted by atomic mass is 9.97. The number of ether oxygens (including phenoxy) is 6. The van der Waals surface area contributed by atoms with E-state index in [1.807, 2.05) is 0 Å². The van der Waals surface area contributed by atoms with Crippen molar-refractivity contribution < 1.29 is 99.9 Å². The van der Waals surface area contributed by atoms with E-state index < -0.39 is 148 Å². The van der Waals surface area contributed by atoms with Crippen molar-refractivity contribution in [2.45, 2.75) is 133 Å². The van der Waals surface area contributed by atoms with E-state index in [1.165, 1.54) is 0 Å². The van der Waals surface area contributed by atoms with Gasteiger partial charge in [-0.1, -0.05) is 24.3 Å². The summed E-state index contributed by atoms with van der Waals surface area (Å²) in [7, 11) is 0. The monoisotopic (exact) mass is 818 g/mol. The maximum absolute atomic E-state index is 11.0. The van der Waals surface area contributed by atoms with Gasteiger partial charge in [-0.05, 0) is 11.1 Å². The average molecular weight is 819 g/mol. The minimum atomic E-state index is -1.79. The Balaban J connectivity index is 1.17. The lowest BCUT2D eigenvalue weighted by Crippen LogP contribution is -2.64. The molecule has 4 heterocycles. The number of hydrogen-bond donors (Lipinski definition) is 14. The topological polar surface area (TPSA) is 339 Å². The van der Waals surface area contributed by atoms with Crippen molar-refractivity contribution in [3.05, 3.63) is 35.4 Å². The zero-order valence-corrected chi connectivity index (χ0v) is 30.3. The Morgan fingerprint density at radius 1 is 0.426 bits per heavy atom. The Morgan fingerprint density at radius 3 is 1.11 bits per heavy atom. The zero-order valence-electron chi connectivity index (χ0n) is 28.6. The van der Waals surface area contributed by atoms with Crippen molar-refractivity contribution in [1.29, 1.82) is 0 Å². The number of benzene rings is 1. The minimum Gasteiger partial charge on any atom is -0.394 e. The third-order valence-corrected chi connectivity index (χ3v) is 12.2. The molecule has 0 amide bonds. The van der Waals surface area contributed by atoms with Gasteiger partial charge in [-0.2, -0.15) is 0 Å². The molecule has 4 fully saturated rings. The van der Waals surface area contributed by atoms with E-state index in [4.69, 9.17) is 28.4 Å². The molecular formula is C32H50O20S2. The van der Waals surface area contributed by atoms with Crippen molar-refractivity contribution in [2.24, 2.45) is 0 Å². The third-order valence-electron chi connectivity index (χ3n) is 9.85. The third kappa shape index (κ3) is 9.52. The van der Waals surface area contributed by atoms with Crippen molar-refractivity contribution in [3.63, 3.8) is 0 Å². The molecule has 0 spiro atoms. The molecule has 0 aromatic heterocycles. The van der Waals surface area contributed by atoms with Crippen molar-refractivity contribution in [3.8, 4) is 0 Å². The molecule has 20 atom stereocenters. The lowest BCUT2D eigenvalue weighted by Gasteiger charge is -2.46. The van der Waals surface area contributed by atoms with E-state index in [0.29, 0.717) is 0 Å². The fraction of sp³-hybridized carbons (Fsp3) is 0.812. The molecule has 20 nitrogen and oxygen atoms in total. The quantitative estimate of drug-likeness (QED) is 0.0830. The van der Waals surface area contributed by atoms with E-state index in [-0.39, 0.29) is 11.5 Å². The highest BCUT2D eigenvalue weighted by molar-refractivity contribution is 7.99. The van der Waals surface area contributed by atoms with Crippen molar-refractivity contribution in [1.82, 2.24) is 0 Å². The van der Waals surface area contributed by atoms with Crippen LogP contribution in [-0.4, -0.2) is 219 Å². The molecule has 4 aliphatic heterocycles. The number of hydrogen-bond acceptors (Lipinski definition) is 22. The van der Waals surface area contributed by atoms with Crippen LogP contribution in [0.25, 0.3) is 0 Å². The molecule has 5 rings (SSSR count). The van der Waals surface area contributed by atoms with Gasteiger partial charge in [0.2, 0.25) is 0 Å². The van der Waals surface area contributed by atoms with Crippen LogP contribution in [0.15, 0.2) is 24.3 Å². The lowest BCUT2D eigenvalue weighted by molar-refractivity contribution is -0.338. The van der Waals surface area contributed by atoms with Gasteiger partial charge < -0.3 is 99.9 Å². The number of aliphatic hydroxyl groups excluding tert-OH is 14. The van der Waals surface area contributed by atoms with Gasteiger partial charge in [-0.15, -0.1) is 23.5 Å². The normalized spacial score (nSPS) is 46.0. The fourth-order valence-corrected chi connectivity index (χ4v) is 8.98. The van der Waals surface area contributed by atoms with Gasteiger partial charge in [-0.3, -0.25) is 0 Å². The molecule has 0 aliphatic carbocycles. The highest BCUT2D eigenvalue weighted by Crippen LogP contribution is 2.37. The van der Waals surface area contributed by atoms with Gasteiger partial charge in [0.1, 0.15) is 109 Å². The van der Waals surface area contributed by atoms with E-state index in [0.717, 1.165) is 34.7 Å². The summed E-state index contributed by atoms with van der Waals surface area (Å²) in [6.07, 6.45) is -28.1. The number of thioether (sulfide) groups is 2. The molecule has 0 bridgehead atoms. The summed E-state index contributed by atoms with van der Waals surface area (Å²) in [5.41, 5.74) is -0.683. The Labute approximate surface area is 317 Å². The van der Waals surface area contributed by atoms with E-state index in [9.17, 15) is 71.5 Å². The largest absolute Gasteiger partial charge is 0.394 e. The first-order chi connectivity index (χ1) is 25.8. The number of rotatable bonds is 14. The second-order valence-corrected chi connectivity index (χ2v) is 15.6. The van der Waals surface area contributed by atoms with Gasteiger partial charge in [0.15, 0.2) is 12.6 Å². The maximum atomic E-state index is 11.0. The molecule has 4 aliphatic rings. The Hall–Kier alpha value is -0.880. The molecule has 1 aromatic rings. The van der Waals surface area contributed by atoms with Gasteiger partial charge in [-0.25, -0.2) is 0 Å². The second kappa shape index (κ2) is 19.7. The van der Waals surface area contributed by atoms with Crippen molar-refractivity contribution >= 4 is 23.5 Å². The first kappa shape index (κ1) is 44.2. The predicted octanol–water partition coefficient (Wildman–Crippen LogP) is -6.60. The molecule has 0 unspecified atom stereocenters. The summed E-state index contributed by atoms with van der Waals surface area (Å²) in [4.78, 5) is 0. The molecule has 14 N–H and O–H groups in total. The smallest absolute Gasteiger partial charge is 0.187 e. The molecule has 22 heteroatoms. The molecule has 0 radical (unpaired) electrons. The average Bonchev–Trinajstić information content (AvgIpc) is 3.18. The Bertz CT molecular complexity index is 1200. The molecule has 1 aromatic carbocycles. The standard InChI is InChI=1S/C32H50O20S2/c33-5-13-17(37)19(39)23(43)29(47-13)51-27-15(7-35)49-31(25(45)21(27)41)53-9-11-3-1-2-4-12(11)10-54-32-26(46)22(42)28(16(8-36)50-32)52-30-24(44)20(40)18(38)14(6-34)48-30/h1-4,13-46H,5-10H2/t13-,14-,15-,16-,17+,18+,19+,20+,21-,22-,23-,24-,25-,26-,27+,28+,29-,30-,31+,32+/m1/s1. The van der Waals surface area contributed by atoms with Gasteiger partial charge in [0, 0.05) is 11.5 Å². The van der Waals surface area contributed by atoms with Crippen LogP contribution in [0, 0.1) is 0 Å². The van der Waals surface area contributed by atoms with Gasteiger partial charge in [0.25, 0.3) is 0 Å². The summed E-state index contributed by atoms with van der Waals surface area (Å²) >= 11 is 2.18. The van der Waals surface area contributed by atoms with Crippen LogP contribution in [-0.2, 0) is 39.9 Å². The highest BCUT2D eigenvalue weighted by atomic mass is 32.2.